The first-order valence-corrected chi connectivity index (χ1v) is 21.4. The molecule has 0 heterocycles. The quantitative estimate of drug-likeness (QED) is 0.0581. The Hall–Kier alpha value is -2.88. The summed E-state index contributed by atoms with van der Waals surface area (Å²) >= 11 is 0. The van der Waals surface area contributed by atoms with Crippen LogP contribution in [0.5, 0.6) is 0 Å². The zero-order chi connectivity index (χ0) is 43.5. The number of hydrogen-bond acceptors (Lipinski definition) is 3. The van der Waals surface area contributed by atoms with Gasteiger partial charge in [0.15, 0.2) is 5.78 Å². The van der Waals surface area contributed by atoms with Gasteiger partial charge in [0.25, 0.3) is 0 Å². The first kappa shape index (κ1) is 63.1. The molecule has 1 aromatic rings. The number of ketones is 1. The molecule has 0 aromatic heterocycles. The van der Waals surface area contributed by atoms with E-state index in [1.807, 2.05) is 66.8 Å². The van der Waals surface area contributed by atoms with Crippen molar-refractivity contribution in [3.63, 3.8) is 0 Å². The van der Waals surface area contributed by atoms with Crippen LogP contribution in [-0.4, -0.2) is 32.3 Å². The van der Waals surface area contributed by atoms with Crippen molar-refractivity contribution < 1.29 is 4.79 Å². The second-order valence-corrected chi connectivity index (χ2v) is 14.5. The van der Waals surface area contributed by atoms with Gasteiger partial charge >= 0.3 is 0 Å². The van der Waals surface area contributed by atoms with Crippen LogP contribution < -0.4 is 10.6 Å². The number of nitrogens with one attached hydrogen (secondary N) is 2. The average molecular weight is 756 g/mol. The highest BCUT2D eigenvalue weighted by Gasteiger charge is 2.01. The number of amidine groups is 1. The Bertz CT molecular complexity index is 1060. The van der Waals surface area contributed by atoms with Gasteiger partial charge in [-0.1, -0.05) is 193 Å². The molecule has 4 heteroatoms. The highest BCUT2D eigenvalue weighted by molar-refractivity contribution is 5.95. The van der Waals surface area contributed by atoms with Crippen molar-refractivity contribution in [1.29, 1.82) is 0 Å². The van der Waals surface area contributed by atoms with Crippen molar-refractivity contribution in [2.45, 2.75) is 195 Å². The van der Waals surface area contributed by atoms with Crippen molar-refractivity contribution in [3.8, 4) is 0 Å². The topological polar surface area (TPSA) is 53.5 Å². The number of carbonyl (C=O) groups excluding carboxylic acids is 1. The monoisotopic (exact) mass is 756 g/mol. The molecule has 0 saturated heterocycles. The minimum atomic E-state index is 0.103. The molecule has 54 heavy (non-hydrogen) atoms. The van der Waals surface area contributed by atoms with E-state index in [4.69, 9.17) is 0 Å². The Morgan fingerprint density at radius 3 is 1.44 bits per heavy atom. The van der Waals surface area contributed by atoms with Gasteiger partial charge in [0.05, 0.1) is 5.84 Å². The van der Waals surface area contributed by atoms with Crippen molar-refractivity contribution >= 4 is 17.3 Å². The van der Waals surface area contributed by atoms with Crippen LogP contribution in [0.1, 0.15) is 204 Å². The molecule has 0 fully saturated rings. The molecule has 4 nitrogen and oxygen atoms in total. The minimum Gasteiger partial charge on any atom is -0.388 e. The SMILES string of the molecule is C=C(C)/C(C)=C/C.C=C(C)C(=C)C.CCCC(C)CCC.CCCCC.CCCCCC(C)CC.CCNC(C)=NC.CNc1cc(C(C)=O)ccc1C. The summed E-state index contributed by atoms with van der Waals surface area (Å²) in [5.41, 5.74) is 7.49. The summed E-state index contributed by atoms with van der Waals surface area (Å²) in [6.45, 7) is 47.7. The van der Waals surface area contributed by atoms with E-state index >= 15 is 0 Å². The van der Waals surface area contributed by atoms with E-state index in [0.29, 0.717) is 0 Å². The van der Waals surface area contributed by atoms with Gasteiger partial charge in [0, 0.05) is 31.9 Å². The van der Waals surface area contributed by atoms with Gasteiger partial charge in [0.2, 0.25) is 0 Å². The van der Waals surface area contributed by atoms with Gasteiger partial charge in [-0.15, -0.1) is 0 Å². The van der Waals surface area contributed by atoms with E-state index in [9.17, 15) is 4.79 Å². The zero-order valence-electron chi connectivity index (χ0n) is 40.1. The number of allylic oxidation sites excluding steroid dienone is 5. The second kappa shape index (κ2) is 48.1. The molecular weight excluding hydrogens is 659 g/mol. The van der Waals surface area contributed by atoms with Crippen molar-refractivity contribution in [2.75, 3.05) is 26.0 Å². The highest BCUT2D eigenvalue weighted by atomic mass is 16.1. The highest BCUT2D eigenvalue weighted by Crippen LogP contribution is 2.16. The maximum Gasteiger partial charge on any atom is 0.159 e. The Kier molecular flexibility index (Phi) is 56.2. The van der Waals surface area contributed by atoms with Crippen LogP contribution >= 0.6 is 0 Å². The lowest BCUT2D eigenvalue weighted by atomic mass is 10.0. The number of benzene rings is 1. The third-order valence-corrected chi connectivity index (χ3v) is 8.78. The third kappa shape index (κ3) is 53.5. The Morgan fingerprint density at radius 1 is 0.722 bits per heavy atom. The molecule has 0 aliphatic heterocycles. The summed E-state index contributed by atoms with van der Waals surface area (Å²) in [6, 6.07) is 5.67. The van der Waals surface area contributed by atoms with Gasteiger partial charge < -0.3 is 10.6 Å². The van der Waals surface area contributed by atoms with Crippen LogP contribution in [-0.2, 0) is 0 Å². The molecule has 2 N–H and O–H groups in total. The first-order valence-electron chi connectivity index (χ1n) is 21.4. The van der Waals surface area contributed by atoms with E-state index < -0.39 is 0 Å². The summed E-state index contributed by atoms with van der Waals surface area (Å²) in [5.74, 6) is 3.02. The number of unbranched alkanes of at least 4 members (excludes halogenated alkanes) is 4. The molecule has 0 saturated carbocycles. The number of rotatable bonds is 16. The summed E-state index contributed by atoms with van der Waals surface area (Å²) in [5, 5.41) is 6.08. The normalized spacial score (nSPS) is 10.6. The second-order valence-electron chi connectivity index (χ2n) is 14.5. The number of Topliss-reactive ketones (excluding diaryl/α,β-unsaturated/α-hetero) is 1. The lowest BCUT2D eigenvalue weighted by molar-refractivity contribution is 0.101. The summed E-state index contributed by atoms with van der Waals surface area (Å²) in [6.07, 6.45) is 18.7. The van der Waals surface area contributed by atoms with Crippen LogP contribution in [0.3, 0.4) is 0 Å². The van der Waals surface area contributed by atoms with Gasteiger partial charge in [0.1, 0.15) is 0 Å². The van der Waals surface area contributed by atoms with Crippen molar-refractivity contribution in [1.82, 2.24) is 5.32 Å². The number of hydrogen-bond donors (Lipinski definition) is 2. The Morgan fingerprint density at radius 2 is 1.20 bits per heavy atom. The number of aryl methyl sites for hydroxylation is 1. The van der Waals surface area contributed by atoms with E-state index in [2.05, 4.69) is 111 Å². The summed E-state index contributed by atoms with van der Waals surface area (Å²) in [7, 11) is 3.63. The molecule has 0 radical (unpaired) electrons. The van der Waals surface area contributed by atoms with Gasteiger partial charge in [-0.25, -0.2) is 0 Å². The zero-order valence-corrected chi connectivity index (χ0v) is 40.1. The molecule has 1 atom stereocenters. The average Bonchev–Trinajstić information content (AvgIpc) is 3.13. The lowest BCUT2D eigenvalue weighted by Gasteiger charge is -2.05. The van der Waals surface area contributed by atoms with Crippen LogP contribution in [0.15, 0.2) is 71.3 Å². The first-order chi connectivity index (χ1) is 25.3. The number of nitrogens with zero attached hydrogens (tertiary/aromatic N) is 1. The molecule has 0 amide bonds. The molecule has 1 rings (SSSR count). The Balaban J connectivity index is -0.000000127. The van der Waals surface area contributed by atoms with E-state index in [1.165, 1.54) is 82.6 Å². The predicted molar refractivity (Wildman–Crippen MR) is 255 cm³/mol. The summed E-state index contributed by atoms with van der Waals surface area (Å²) < 4.78 is 0. The molecule has 0 spiro atoms. The van der Waals surface area contributed by atoms with Crippen molar-refractivity contribution in [2.24, 2.45) is 16.8 Å². The molecule has 0 aliphatic rings. The smallest absolute Gasteiger partial charge is 0.159 e. The predicted octanol–water partition coefficient (Wildman–Crippen LogP) is 16.6. The molecule has 0 bridgehead atoms. The maximum absolute atomic E-state index is 11.0. The fourth-order valence-corrected chi connectivity index (χ4v) is 4.12. The fraction of sp³-hybridized carbons (Fsp3) is 0.680. The maximum atomic E-state index is 11.0. The third-order valence-electron chi connectivity index (χ3n) is 8.78. The lowest BCUT2D eigenvalue weighted by Crippen LogP contribution is -2.18. The van der Waals surface area contributed by atoms with Gasteiger partial charge in [-0.05, 0) is 85.8 Å². The largest absolute Gasteiger partial charge is 0.388 e. The van der Waals surface area contributed by atoms with Crippen LogP contribution in [0.2, 0.25) is 0 Å². The van der Waals surface area contributed by atoms with Crippen LogP contribution in [0.25, 0.3) is 0 Å². The van der Waals surface area contributed by atoms with E-state index in [1.54, 1.807) is 14.0 Å². The fourth-order valence-electron chi connectivity index (χ4n) is 4.12. The standard InChI is InChI=1S/C10H13NO.C9H20.C8H18.C7H12.C6H10.C5H12N2.C5H12/c1-7-4-5-9(8(2)12)6-10(7)11-3;1-4-6-7-8-9(3)5-2;1-4-6-8(3)7-5-2;1-5-7(4)6(2)3;1-5(2)6(3)4;1-4-7-5(2)6-3;1-3-5-4-2/h4-6,11H,1-3H3;9H,4-8H2,1-3H3;8H,4-7H2,1-3H3;5H,2H2,1,3-4H3;1,3H2,2,4H3;4H2,1-3H3,(H,6,7);3-5H2,1-2H3/b;;;7-5+;;;. The molecule has 1 unspecified atom stereocenters. The molecule has 1 aromatic carbocycles. The van der Waals surface area contributed by atoms with Gasteiger partial charge in [-0.3, -0.25) is 9.79 Å². The molecule has 318 valence electrons. The number of carbonyl (C=O) groups is 1. The van der Waals surface area contributed by atoms with Gasteiger partial charge in [-0.2, -0.15) is 0 Å². The number of aliphatic imine (C=N–C) groups is 1. The molecular formula is C50H97N3O. The minimum absolute atomic E-state index is 0.103. The number of anilines is 1. The van der Waals surface area contributed by atoms with Crippen molar-refractivity contribution in [3.05, 3.63) is 77.4 Å². The Labute approximate surface area is 341 Å². The summed E-state index contributed by atoms with van der Waals surface area (Å²) in [4.78, 5) is 14.9. The van der Waals surface area contributed by atoms with Crippen LogP contribution in [0.4, 0.5) is 5.69 Å². The van der Waals surface area contributed by atoms with E-state index in [-0.39, 0.29) is 5.78 Å². The van der Waals surface area contributed by atoms with E-state index in [0.717, 1.165) is 57.7 Å². The molecule has 0 aliphatic carbocycles. The van der Waals surface area contributed by atoms with Crippen LogP contribution in [0, 0.1) is 18.8 Å².